The average Bonchev–Trinajstić information content (AvgIpc) is 2.60. The number of aryl methyl sites for hydroxylation is 1. The number of halogens is 1. The zero-order chi connectivity index (χ0) is 17.5. The van der Waals surface area contributed by atoms with Crippen molar-refractivity contribution in [2.75, 3.05) is 19.0 Å². The summed E-state index contributed by atoms with van der Waals surface area (Å²) in [6.07, 6.45) is 0.773. The van der Waals surface area contributed by atoms with Crippen LogP contribution in [0.1, 0.15) is 22.8 Å². The van der Waals surface area contributed by atoms with Gasteiger partial charge in [0.15, 0.2) is 6.61 Å². The first-order valence-corrected chi connectivity index (χ1v) is 7.81. The van der Waals surface area contributed by atoms with E-state index >= 15 is 0 Å². The third kappa shape index (κ3) is 4.49. The highest BCUT2D eigenvalue weighted by atomic mass is 35.5. The summed E-state index contributed by atoms with van der Waals surface area (Å²) in [5, 5.41) is 3.31. The molecular formula is C18H18ClNO4. The average molecular weight is 348 g/mol. The molecule has 0 heterocycles. The number of hydrogen-bond donors (Lipinski definition) is 1. The summed E-state index contributed by atoms with van der Waals surface area (Å²) in [5.74, 6) is -0.330. The lowest BCUT2D eigenvalue weighted by molar-refractivity contribution is -0.118. The summed E-state index contributed by atoms with van der Waals surface area (Å²) in [6, 6.07) is 11.9. The molecule has 126 valence electrons. The lowest BCUT2D eigenvalue weighted by Gasteiger charge is -2.11. The lowest BCUT2D eigenvalue weighted by atomic mass is 10.1. The van der Waals surface area contributed by atoms with Crippen LogP contribution in [0.2, 0.25) is 5.02 Å². The monoisotopic (exact) mass is 347 g/mol. The third-order valence-corrected chi connectivity index (χ3v) is 3.74. The van der Waals surface area contributed by atoms with Gasteiger partial charge in [0.25, 0.3) is 5.91 Å². The quantitative estimate of drug-likeness (QED) is 0.809. The van der Waals surface area contributed by atoms with Gasteiger partial charge in [0, 0.05) is 5.02 Å². The maximum atomic E-state index is 12.1. The van der Waals surface area contributed by atoms with E-state index in [0.29, 0.717) is 16.5 Å². The van der Waals surface area contributed by atoms with Crippen LogP contribution in [0.4, 0.5) is 5.69 Å². The van der Waals surface area contributed by atoms with E-state index in [4.69, 9.17) is 21.1 Å². The van der Waals surface area contributed by atoms with Gasteiger partial charge in [-0.05, 0) is 42.3 Å². The molecule has 0 fully saturated rings. The number of methoxy groups -OCH3 is 1. The fraction of sp³-hybridized carbons (Fsp3) is 0.222. The lowest BCUT2D eigenvalue weighted by Crippen LogP contribution is -2.21. The second kappa shape index (κ2) is 8.36. The predicted octanol–water partition coefficient (Wildman–Crippen LogP) is 3.71. The number of ether oxygens (including phenoxy) is 2. The Labute approximate surface area is 145 Å². The number of rotatable bonds is 6. The van der Waals surface area contributed by atoms with Crippen LogP contribution in [-0.4, -0.2) is 25.6 Å². The number of carbonyl (C=O) groups is 2. The van der Waals surface area contributed by atoms with E-state index < -0.39 is 5.97 Å². The van der Waals surface area contributed by atoms with Gasteiger partial charge in [0.1, 0.15) is 5.75 Å². The van der Waals surface area contributed by atoms with E-state index in [1.54, 1.807) is 42.5 Å². The van der Waals surface area contributed by atoms with E-state index in [1.165, 1.54) is 7.11 Å². The summed E-state index contributed by atoms with van der Waals surface area (Å²) in [6.45, 7) is 1.81. The van der Waals surface area contributed by atoms with Crippen LogP contribution in [0.3, 0.4) is 0 Å². The minimum Gasteiger partial charge on any atom is -0.484 e. The van der Waals surface area contributed by atoms with E-state index in [-0.39, 0.29) is 18.1 Å². The predicted molar refractivity (Wildman–Crippen MR) is 92.7 cm³/mol. The van der Waals surface area contributed by atoms with Crippen LogP contribution in [0, 0.1) is 0 Å². The SMILES string of the molecule is CCc1cc(OCC(=O)Nc2ccccc2C(=O)OC)ccc1Cl. The molecule has 2 rings (SSSR count). The zero-order valence-corrected chi connectivity index (χ0v) is 14.2. The molecule has 2 aromatic rings. The van der Waals surface area contributed by atoms with Crippen molar-refractivity contribution in [2.24, 2.45) is 0 Å². The molecular weight excluding hydrogens is 330 g/mol. The van der Waals surface area contributed by atoms with Crippen molar-refractivity contribution < 1.29 is 19.1 Å². The van der Waals surface area contributed by atoms with Gasteiger partial charge in [-0.25, -0.2) is 4.79 Å². The van der Waals surface area contributed by atoms with Crippen molar-refractivity contribution in [1.82, 2.24) is 0 Å². The second-order valence-electron chi connectivity index (χ2n) is 4.98. The first-order valence-electron chi connectivity index (χ1n) is 7.43. The molecule has 0 unspecified atom stereocenters. The van der Waals surface area contributed by atoms with Crippen LogP contribution in [0.25, 0.3) is 0 Å². The van der Waals surface area contributed by atoms with Crippen molar-refractivity contribution in [3.63, 3.8) is 0 Å². The number of carbonyl (C=O) groups excluding carboxylic acids is 2. The summed E-state index contributed by atoms with van der Waals surface area (Å²) in [4.78, 5) is 23.7. The Morgan fingerprint density at radius 1 is 1.17 bits per heavy atom. The number of esters is 1. The molecule has 6 heteroatoms. The van der Waals surface area contributed by atoms with Gasteiger partial charge in [-0.15, -0.1) is 0 Å². The fourth-order valence-corrected chi connectivity index (χ4v) is 2.38. The minimum absolute atomic E-state index is 0.180. The van der Waals surface area contributed by atoms with E-state index in [0.717, 1.165) is 12.0 Å². The minimum atomic E-state index is -0.517. The van der Waals surface area contributed by atoms with Gasteiger partial charge in [-0.3, -0.25) is 4.79 Å². The summed E-state index contributed by atoms with van der Waals surface area (Å²) in [5.41, 5.74) is 1.61. The third-order valence-electron chi connectivity index (χ3n) is 3.37. The van der Waals surface area contributed by atoms with Crippen LogP contribution in [0.5, 0.6) is 5.75 Å². The van der Waals surface area contributed by atoms with Crippen LogP contribution in [0.15, 0.2) is 42.5 Å². The molecule has 0 radical (unpaired) electrons. The van der Waals surface area contributed by atoms with Gasteiger partial charge in [-0.2, -0.15) is 0 Å². The molecule has 0 atom stereocenters. The van der Waals surface area contributed by atoms with Crippen LogP contribution < -0.4 is 10.1 Å². The molecule has 0 aromatic heterocycles. The van der Waals surface area contributed by atoms with Crippen LogP contribution in [-0.2, 0) is 16.0 Å². The molecule has 0 aliphatic carbocycles. The van der Waals surface area contributed by atoms with Crippen LogP contribution >= 0.6 is 11.6 Å². The Hall–Kier alpha value is -2.53. The molecule has 0 spiro atoms. The Morgan fingerprint density at radius 2 is 1.92 bits per heavy atom. The Kier molecular flexibility index (Phi) is 6.21. The number of para-hydroxylation sites is 1. The van der Waals surface area contributed by atoms with E-state index in [2.05, 4.69) is 5.32 Å². The van der Waals surface area contributed by atoms with Crippen molar-refractivity contribution in [3.8, 4) is 5.75 Å². The summed E-state index contributed by atoms with van der Waals surface area (Å²) >= 11 is 6.05. The Balaban J connectivity index is 2.01. The van der Waals surface area contributed by atoms with Gasteiger partial charge in [-0.1, -0.05) is 30.7 Å². The zero-order valence-electron chi connectivity index (χ0n) is 13.5. The van der Waals surface area contributed by atoms with Gasteiger partial charge >= 0.3 is 5.97 Å². The molecule has 2 aromatic carbocycles. The highest BCUT2D eigenvalue weighted by Gasteiger charge is 2.13. The summed E-state index contributed by atoms with van der Waals surface area (Å²) in [7, 11) is 1.29. The molecule has 0 saturated heterocycles. The molecule has 5 nitrogen and oxygen atoms in total. The Morgan fingerprint density at radius 3 is 2.62 bits per heavy atom. The number of anilines is 1. The maximum absolute atomic E-state index is 12.1. The molecule has 1 amide bonds. The molecule has 0 aliphatic rings. The van der Waals surface area contributed by atoms with Gasteiger partial charge in [0.05, 0.1) is 18.4 Å². The molecule has 24 heavy (non-hydrogen) atoms. The number of nitrogens with one attached hydrogen (secondary N) is 1. The molecule has 0 bridgehead atoms. The normalized spacial score (nSPS) is 10.1. The molecule has 1 N–H and O–H groups in total. The smallest absolute Gasteiger partial charge is 0.339 e. The maximum Gasteiger partial charge on any atom is 0.339 e. The standard InChI is InChI=1S/C18H18ClNO4/c1-3-12-10-13(8-9-15(12)19)24-11-17(21)20-16-7-5-4-6-14(16)18(22)23-2/h4-10H,3,11H2,1-2H3,(H,20,21). The number of amides is 1. The van der Waals surface area contributed by atoms with E-state index in [1.807, 2.05) is 6.92 Å². The Bertz CT molecular complexity index is 746. The first kappa shape index (κ1) is 17.8. The van der Waals surface area contributed by atoms with Crippen molar-refractivity contribution >= 4 is 29.2 Å². The fourth-order valence-electron chi connectivity index (χ4n) is 2.13. The number of benzene rings is 2. The molecule has 0 aliphatic heterocycles. The highest BCUT2D eigenvalue weighted by Crippen LogP contribution is 2.22. The van der Waals surface area contributed by atoms with Gasteiger partial charge in [0.2, 0.25) is 0 Å². The van der Waals surface area contributed by atoms with Crippen molar-refractivity contribution in [3.05, 3.63) is 58.6 Å². The van der Waals surface area contributed by atoms with Gasteiger partial charge < -0.3 is 14.8 Å². The topological polar surface area (TPSA) is 64.6 Å². The first-order chi connectivity index (χ1) is 11.5. The largest absolute Gasteiger partial charge is 0.484 e. The van der Waals surface area contributed by atoms with Crippen molar-refractivity contribution in [1.29, 1.82) is 0 Å². The number of hydrogen-bond acceptors (Lipinski definition) is 4. The second-order valence-corrected chi connectivity index (χ2v) is 5.39. The van der Waals surface area contributed by atoms with E-state index in [9.17, 15) is 9.59 Å². The van der Waals surface area contributed by atoms with Crippen molar-refractivity contribution in [2.45, 2.75) is 13.3 Å². The summed E-state index contributed by atoms with van der Waals surface area (Å²) < 4.78 is 10.2. The highest BCUT2D eigenvalue weighted by molar-refractivity contribution is 6.31. The molecule has 0 saturated carbocycles.